The van der Waals surface area contributed by atoms with Crippen molar-refractivity contribution in [2.24, 2.45) is 0 Å². The third kappa shape index (κ3) is 3.57. The van der Waals surface area contributed by atoms with E-state index in [1.165, 1.54) is 6.26 Å². The molecule has 0 saturated heterocycles. The largest absolute Gasteiger partial charge is 0.459 e. The molecule has 5 rings (SSSR count). The average molecular weight is 433 g/mol. The number of carbonyl (C=O) groups excluding carboxylic acids is 1. The molecule has 2 heterocycles. The van der Waals surface area contributed by atoms with Crippen LogP contribution in [0.15, 0.2) is 88.4 Å². The van der Waals surface area contributed by atoms with Gasteiger partial charge in [-0.05, 0) is 60.2 Å². The number of carbonyl (C=O) groups is 1. The Bertz CT molecular complexity index is 1370. The number of amides is 1. The zero-order valence-electron chi connectivity index (χ0n) is 16.6. The normalized spacial score (nSPS) is 13.7. The second-order valence-electron chi connectivity index (χ2n) is 7.46. The van der Waals surface area contributed by atoms with Gasteiger partial charge in [-0.1, -0.05) is 36.4 Å². The Morgan fingerprint density at radius 2 is 1.81 bits per heavy atom. The highest BCUT2D eigenvalue weighted by Gasteiger charge is 2.26. The lowest BCUT2D eigenvalue weighted by Gasteiger charge is -2.29. The van der Waals surface area contributed by atoms with Crippen molar-refractivity contribution in [3.8, 4) is 0 Å². The van der Waals surface area contributed by atoms with Crippen LogP contribution in [0.4, 0.5) is 11.4 Å². The van der Waals surface area contributed by atoms with Gasteiger partial charge in [0.05, 0.1) is 11.2 Å². The first-order valence-corrected chi connectivity index (χ1v) is 11.5. The molecular formula is C24H20N2O4S. The van der Waals surface area contributed by atoms with Crippen molar-refractivity contribution >= 4 is 38.1 Å². The van der Waals surface area contributed by atoms with E-state index in [1.54, 1.807) is 53.4 Å². The number of benzene rings is 3. The zero-order chi connectivity index (χ0) is 21.4. The Morgan fingerprint density at radius 3 is 2.65 bits per heavy atom. The first-order chi connectivity index (χ1) is 15.0. The molecule has 1 aromatic heterocycles. The van der Waals surface area contributed by atoms with Gasteiger partial charge >= 0.3 is 0 Å². The number of nitrogens with one attached hydrogen (secondary N) is 1. The second-order valence-corrected chi connectivity index (χ2v) is 9.11. The summed E-state index contributed by atoms with van der Waals surface area (Å²) in [6, 6.07) is 21.2. The number of rotatable bonds is 4. The molecule has 4 aromatic rings. The zero-order valence-corrected chi connectivity index (χ0v) is 17.4. The molecular weight excluding hydrogens is 412 g/mol. The maximum Gasteiger partial charge on any atom is 0.293 e. The Labute approximate surface area is 180 Å². The molecule has 1 aliphatic rings. The van der Waals surface area contributed by atoms with Crippen molar-refractivity contribution in [3.05, 3.63) is 90.4 Å². The van der Waals surface area contributed by atoms with E-state index in [0.717, 1.165) is 29.5 Å². The first-order valence-electron chi connectivity index (χ1n) is 10.0. The van der Waals surface area contributed by atoms with E-state index in [4.69, 9.17) is 4.42 Å². The van der Waals surface area contributed by atoms with Gasteiger partial charge in [0.1, 0.15) is 0 Å². The van der Waals surface area contributed by atoms with Gasteiger partial charge in [-0.3, -0.25) is 9.52 Å². The molecule has 0 aliphatic carbocycles. The van der Waals surface area contributed by atoms with Crippen molar-refractivity contribution in [1.82, 2.24) is 0 Å². The SMILES string of the molecule is O=C(c1ccco1)N1CCCc2cc(NS(=O)(=O)c3cccc4ccccc34)ccc21. The predicted molar refractivity (Wildman–Crippen MR) is 120 cm³/mol. The van der Waals surface area contributed by atoms with E-state index in [0.29, 0.717) is 17.6 Å². The quantitative estimate of drug-likeness (QED) is 0.501. The summed E-state index contributed by atoms with van der Waals surface area (Å²) < 4.78 is 34.2. The van der Waals surface area contributed by atoms with Crippen LogP contribution in [0.1, 0.15) is 22.5 Å². The molecule has 0 spiro atoms. The minimum atomic E-state index is -3.78. The summed E-state index contributed by atoms with van der Waals surface area (Å²) in [6.07, 6.45) is 3.03. The molecule has 1 N–H and O–H groups in total. The highest BCUT2D eigenvalue weighted by Crippen LogP contribution is 2.32. The smallest absolute Gasteiger partial charge is 0.293 e. The van der Waals surface area contributed by atoms with Gasteiger partial charge in [-0.2, -0.15) is 0 Å². The second kappa shape index (κ2) is 7.59. The fourth-order valence-electron chi connectivity index (χ4n) is 4.04. The molecule has 0 saturated carbocycles. The highest BCUT2D eigenvalue weighted by molar-refractivity contribution is 7.93. The minimum absolute atomic E-state index is 0.199. The maximum absolute atomic E-state index is 13.1. The van der Waals surface area contributed by atoms with Crippen LogP contribution < -0.4 is 9.62 Å². The van der Waals surface area contributed by atoms with Crippen LogP contribution in [0.25, 0.3) is 10.8 Å². The molecule has 0 unspecified atom stereocenters. The molecule has 156 valence electrons. The van der Waals surface area contributed by atoms with E-state index in [-0.39, 0.29) is 16.6 Å². The molecule has 6 nitrogen and oxygen atoms in total. The third-order valence-corrected chi connectivity index (χ3v) is 6.91. The topological polar surface area (TPSA) is 79.6 Å². The fourth-order valence-corrected chi connectivity index (χ4v) is 5.33. The van der Waals surface area contributed by atoms with Gasteiger partial charge in [0, 0.05) is 23.3 Å². The van der Waals surface area contributed by atoms with Crippen molar-refractivity contribution < 1.29 is 17.6 Å². The van der Waals surface area contributed by atoms with Crippen LogP contribution in [0, 0.1) is 0 Å². The number of nitrogens with zero attached hydrogens (tertiary/aromatic N) is 1. The molecule has 0 atom stereocenters. The summed E-state index contributed by atoms with van der Waals surface area (Å²) in [5.41, 5.74) is 2.17. The number of anilines is 2. The average Bonchev–Trinajstić information content (AvgIpc) is 3.32. The summed E-state index contributed by atoms with van der Waals surface area (Å²) >= 11 is 0. The van der Waals surface area contributed by atoms with Crippen molar-refractivity contribution in [2.45, 2.75) is 17.7 Å². The number of aryl methyl sites for hydroxylation is 1. The molecule has 0 radical (unpaired) electrons. The van der Waals surface area contributed by atoms with E-state index in [2.05, 4.69) is 4.72 Å². The van der Waals surface area contributed by atoms with Crippen LogP contribution in [-0.2, 0) is 16.4 Å². The Kier molecular flexibility index (Phi) is 4.75. The van der Waals surface area contributed by atoms with Gasteiger partial charge < -0.3 is 9.32 Å². The van der Waals surface area contributed by atoms with Crippen molar-refractivity contribution in [1.29, 1.82) is 0 Å². The maximum atomic E-state index is 13.1. The summed E-state index contributed by atoms with van der Waals surface area (Å²) in [5, 5.41) is 1.54. The number of hydrogen-bond acceptors (Lipinski definition) is 4. The first kappa shape index (κ1) is 19.4. The van der Waals surface area contributed by atoms with Gasteiger partial charge in [-0.25, -0.2) is 8.42 Å². The van der Waals surface area contributed by atoms with Gasteiger partial charge in [-0.15, -0.1) is 0 Å². The van der Waals surface area contributed by atoms with E-state index >= 15 is 0 Å². The Hall–Kier alpha value is -3.58. The number of hydrogen-bond donors (Lipinski definition) is 1. The lowest BCUT2D eigenvalue weighted by atomic mass is 10.0. The predicted octanol–water partition coefficient (Wildman–Crippen LogP) is 4.83. The lowest BCUT2D eigenvalue weighted by molar-refractivity contribution is 0.0958. The van der Waals surface area contributed by atoms with Crippen LogP contribution in [0.5, 0.6) is 0 Å². The molecule has 0 fully saturated rings. The van der Waals surface area contributed by atoms with Crippen LogP contribution in [0.2, 0.25) is 0 Å². The van der Waals surface area contributed by atoms with Crippen LogP contribution in [-0.4, -0.2) is 20.9 Å². The lowest BCUT2D eigenvalue weighted by Crippen LogP contribution is -2.35. The molecule has 1 aliphatic heterocycles. The van der Waals surface area contributed by atoms with Crippen LogP contribution in [0.3, 0.4) is 0 Å². The monoisotopic (exact) mass is 432 g/mol. The molecule has 0 bridgehead atoms. The summed E-state index contributed by atoms with van der Waals surface area (Å²) in [5.74, 6) is 0.0867. The fraction of sp³-hybridized carbons (Fsp3) is 0.125. The van der Waals surface area contributed by atoms with Crippen molar-refractivity contribution in [3.63, 3.8) is 0 Å². The Morgan fingerprint density at radius 1 is 0.968 bits per heavy atom. The molecule has 3 aromatic carbocycles. The highest BCUT2D eigenvalue weighted by atomic mass is 32.2. The van der Waals surface area contributed by atoms with E-state index in [9.17, 15) is 13.2 Å². The number of furan rings is 1. The summed E-state index contributed by atoms with van der Waals surface area (Å²) in [4.78, 5) is 14.7. The van der Waals surface area contributed by atoms with Crippen LogP contribution >= 0.6 is 0 Å². The van der Waals surface area contributed by atoms with Gasteiger partial charge in [0.25, 0.3) is 15.9 Å². The standard InChI is InChI=1S/C24H20N2O4S/c27-24(22-10-5-15-30-22)26-14-4-8-18-16-19(12-13-21(18)26)25-31(28,29)23-11-3-7-17-6-1-2-9-20(17)23/h1-3,5-7,9-13,15-16,25H,4,8,14H2. The van der Waals surface area contributed by atoms with E-state index < -0.39 is 10.0 Å². The molecule has 7 heteroatoms. The summed E-state index contributed by atoms with van der Waals surface area (Å²) in [7, 11) is -3.78. The molecule has 31 heavy (non-hydrogen) atoms. The van der Waals surface area contributed by atoms with Gasteiger partial charge in [0.15, 0.2) is 5.76 Å². The molecule has 1 amide bonds. The van der Waals surface area contributed by atoms with Crippen molar-refractivity contribution in [2.75, 3.05) is 16.2 Å². The minimum Gasteiger partial charge on any atom is -0.459 e. The van der Waals surface area contributed by atoms with Gasteiger partial charge in [0.2, 0.25) is 0 Å². The number of sulfonamides is 1. The Balaban J connectivity index is 1.46. The number of fused-ring (bicyclic) bond motifs is 2. The third-order valence-electron chi connectivity index (χ3n) is 5.47. The van der Waals surface area contributed by atoms with E-state index in [1.807, 2.05) is 24.3 Å². The summed E-state index contributed by atoms with van der Waals surface area (Å²) in [6.45, 7) is 0.591.